The van der Waals surface area contributed by atoms with Crippen molar-refractivity contribution in [2.24, 2.45) is 0 Å². The minimum absolute atomic E-state index is 0.964. The molecule has 0 atom stereocenters. The molecule has 0 aliphatic heterocycles. The smallest absolute Gasteiger partial charge is 0.0464 e. The van der Waals surface area contributed by atoms with Gasteiger partial charge in [0.15, 0.2) is 0 Å². The number of aryl methyl sites for hydroxylation is 4. The molecule has 5 aromatic rings. The summed E-state index contributed by atoms with van der Waals surface area (Å²) < 4.78 is 0. The average molecular weight is 538 g/mol. The summed E-state index contributed by atoms with van der Waals surface area (Å²) in [6.07, 6.45) is 6.46. The van der Waals surface area contributed by atoms with Crippen LogP contribution in [-0.2, 0) is 25.7 Å². The Labute approximate surface area is 247 Å². The van der Waals surface area contributed by atoms with Crippen molar-refractivity contribution in [3.05, 3.63) is 160 Å². The van der Waals surface area contributed by atoms with E-state index < -0.39 is 0 Å². The summed E-state index contributed by atoms with van der Waals surface area (Å²) in [5.74, 6) is 0. The normalized spacial score (nSPS) is 11.0. The molecule has 0 saturated heterocycles. The Morgan fingerprint density at radius 3 is 1.59 bits per heavy atom. The molecule has 208 valence electrons. The van der Waals surface area contributed by atoms with E-state index in [4.69, 9.17) is 0 Å². The monoisotopic (exact) mass is 537 g/mol. The molecule has 5 rings (SSSR count). The van der Waals surface area contributed by atoms with Gasteiger partial charge in [-0.15, -0.1) is 0 Å². The summed E-state index contributed by atoms with van der Waals surface area (Å²) in [6.45, 7) is 9.10. The van der Waals surface area contributed by atoms with Crippen LogP contribution in [0.4, 0.5) is 17.1 Å². The second kappa shape index (κ2) is 13.5. The van der Waals surface area contributed by atoms with E-state index in [2.05, 4.69) is 148 Å². The first kappa shape index (κ1) is 28.4. The highest BCUT2D eigenvalue weighted by molar-refractivity contribution is 5.77. The highest BCUT2D eigenvalue weighted by atomic mass is 15.1. The number of benzene rings is 5. The molecular formula is C40H43N. The number of para-hydroxylation sites is 2. The average Bonchev–Trinajstić information content (AvgIpc) is 2.99. The molecule has 0 amide bonds. The molecule has 0 unspecified atom stereocenters. The van der Waals surface area contributed by atoms with E-state index in [1.165, 1.54) is 68.0 Å². The molecule has 0 bridgehead atoms. The lowest BCUT2D eigenvalue weighted by Crippen LogP contribution is -2.11. The van der Waals surface area contributed by atoms with Gasteiger partial charge in [-0.05, 0) is 120 Å². The maximum atomic E-state index is 2.51. The molecule has 0 saturated carbocycles. The predicted octanol–water partition coefficient (Wildman–Crippen LogP) is 10.9. The molecule has 41 heavy (non-hydrogen) atoms. The number of rotatable bonds is 11. The molecule has 0 fully saturated rings. The molecule has 1 heteroatoms. The second-order valence-corrected chi connectivity index (χ2v) is 11.3. The molecule has 0 heterocycles. The third-order valence-electron chi connectivity index (χ3n) is 8.20. The largest absolute Gasteiger partial charge is 0.310 e. The zero-order valence-corrected chi connectivity index (χ0v) is 25.2. The van der Waals surface area contributed by atoms with E-state index in [1.54, 1.807) is 0 Å². The topological polar surface area (TPSA) is 3.24 Å². The van der Waals surface area contributed by atoms with E-state index in [9.17, 15) is 0 Å². The molecular weight excluding hydrogens is 494 g/mol. The SMILES string of the molecule is CCCc1cc(N(c2ccccc2)c2ccccc2)ccc1Cc1cc(Cc2ccccc2C)c(CCC)cc1C. The first-order valence-corrected chi connectivity index (χ1v) is 15.2. The van der Waals surface area contributed by atoms with Gasteiger partial charge in [0.1, 0.15) is 0 Å². The van der Waals surface area contributed by atoms with Gasteiger partial charge in [-0.3, -0.25) is 0 Å². The van der Waals surface area contributed by atoms with Crippen LogP contribution in [0.15, 0.2) is 115 Å². The summed E-state index contributed by atoms with van der Waals surface area (Å²) in [5.41, 5.74) is 15.1. The van der Waals surface area contributed by atoms with E-state index >= 15 is 0 Å². The van der Waals surface area contributed by atoms with Crippen molar-refractivity contribution in [2.75, 3.05) is 4.90 Å². The Morgan fingerprint density at radius 1 is 0.415 bits per heavy atom. The van der Waals surface area contributed by atoms with E-state index in [0.29, 0.717) is 0 Å². The Hall–Kier alpha value is -4.10. The third kappa shape index (κ3) is 6.80. The highest BCUT2D eigenvalue weighted by Crippen LogP contribution is 2.36. The quantitative estimate of drug-likeness (QED) is 0.162. The van der Waals surface area contributed by atoms with Crippen molar-refractivity contribution in [3.63, 3.8) is 0 Å². The van der Waals surface area contributed by atoms with E-state index in [-0.39, 0.29) is 0 Å². The summed E-state index contributed by atoms with van der Waals surface area (Å²) in [7, 11) is 0. The van der Waals surface area contributed by atoms with Gasteiger partial charge in [0.2, 0.25) is 0 Å². The van der Waals surface area contributed by atoms with Crippen molar-refractivity contribution < 1.29 is 0 Å². The van der Waals surface area contributed by atoms with Crippen LogP contribution in [0, 0.1) is 13.8 Å². The van der Waals surface area contributed by atoms with Crippen LogP contribution in [0.2, 0.25) is 0 Å². The van der Waals surface area contributed by atoms with Gasteiger partial charge in [-0.2, -0.15) is 0 Å². The molecule has 5 aromatic carbocycles. The molecule has 0 aliphatic carbocycles. The van der Waals surface area contributed by atoms with Gasteiger partial charge >= 0.3 is 0 Å². The highest BCUT2D eigenvalue weighted by Gasteiger charge is 2.16. The number of nitrogens with zero attached hydrogens (tertiary/aromatic N) is 1. The van der Waals surface area contributed by atoms with Crippen LogP contribution < -0.4 is 4.90 Å². The lowest BCUT2D eigenvalue weighted by molar-refractivity contribution is 0.891. The van der Waals surface area contributed by atoms with Crippen molar-refractivity contribution in [1.82, 2.24) is 0 Å². The molecule has 1 nitrogen and oxygen atoms in total. The van der Waals surface area contributed by atoms with Crippen molar-refractivity contribution in [1.29, 1.82) is 0 Å². The summed E-state index contributed by atoms with van der Waals surface area (Å²) in [6, 6.07) is 42.3. The zero-order chi connectivity index (χ0) is 28.6. The standard InChI is InChI=1S/C40H43N/c1-5-15-33-25-31(4)36(28-37(33)26-32-18-14-13-17-30(32)3)27-35-23-24-40(29-34(35)16-6-2)41(38-19-9-7-10-20-38)39-21-11-8-12-22-39/h7-14,17-25,28-29H,5-6,15-16,26-27H2,1-4H3. The van der Waals surface area contributed by atoms with Gasteiger partial charge in [0.05, 0.1) is 0 Å². The number of hydrogen-bond acceptors (Lipinski definition) is 1. The van der Waals surface area contributed by atoms with Gasteiger partial charge in [0.25, 0.3) is 0 Å². The molecule has 0 N–H and O–H groups in total. The molecule has 0 spiro atoms. The maximum Gasteiger partial charge on any atom is 0.0464 e. The fourth-order valence-corrected chi connectivity index (χ4v) is 5.97. The Bertz CT molecular complexity index is 1530. The fraction of sp³-hybridized carbons (Fsp3) is 0.250. The van der Waals surface area contributed by atoms with Crippen LogP contribution >= 0.6 is 0 Å². The van der Waals surface area contributed by atoms with Crippen LogP contribution in [0.3, 0.4) is 0 Å². The lowest BCUT2D eigenvalue weighted by atomic mass is 9.88. The Morgan fingerprint density at radius 2 is 0.976 bits per heavy atom. The predicted molar refractivity (Wildman–Crippen MR) is 177 cm³/mol. The van der Waals surface area contributed by atoms with E-state index in [1.807, 2.05) is 0 Å². The van der Waals surface area contributed by atoms with Crippen LogP contribution in [0.25, 0.3) is 0 Å². The summed E-state index contributed by atoms with van der Waals surface area (Å²) in [4.78, 5) is 2.37. The first-order chi connectivity index (χ1) is 20.1. The summed E-state index contributed by atoms with van der Waals surface area (Å²) >= 11 is 0. The van der Waals surface area contributed by atoms with Crippen LogP contribution in [0.5, 0.6) is 0 Å². The molecule has 0 aromatic heterocycles. The molecule has 0 radical (unpaired) electrons. The van der Waals surface area contributed by atoms with Crippen molar-refractivity contribution in [3.8, 4) is 0 Å². The minimum atomic E-state index is 0.964. The molecule has 0 aliphatic rings. The minimum Gasteiger partial charge on any atom is -0.310 e. The van der Waals surface area contributed by atoms with Crippen LogP contribution in [0.1, 0.15) is 71.2 Å². The van der Waals surface area contributed by atoms with Crippen molar-refractivity contribution in [2.45, 2.75) is 66.2 Å². The summed E-state index contributed by atoms with van der Waals surface area (Å²) in [5, 5.41) is 0. The van der Waals surface area contributed by atoms with Gasteiger partial charge in [-0.1, -0.05) is 106 Å². The van der Waals surface area contributed by atoms with Gasteiger partial charge < -0.3 is 4.90 Å². The Kier molecular flexibility index (Phi) is 9.36. The maximum absolute atomic E-state index is 2.51. The lowest BCUT2D eigenvalue weighted by Gasteiger charge is -2.26. The van der Waals surface area contributed by atoms with Gasteiger partial charge in [0, 0.05) is 17.1 Å². The Balaban J connectivity index is 1.52. The number of anilines is 3. The second-order valence-electron chi connectivity index (χ2n) is 11.3. The fourth-order valence-electron chi connectivity index (χ4n) is 5.97. The van der Waals surface area contributed by atoms with E-state index in [0.717, 1.165) is 32.1 Å². The van der Waals surface area contributed by atoms with Crippen molar-refractivity contribution >= 4 is 17.1 Å². The zero-order valence-electron chi connectivity index (χ0n) is 25.2. The van der Waals surface area contributed by atoms with Crippen LogP contribution in [-0.4, -0.2) is 0 Å². The first-order valence-electron chi connectivity index (χ1n) is 15.2. The van der Waals surface area contributed by atoms with Gasteiger partial charge in [-0.25, -0.2) is 0 Å². The number of hydrogen-bond donors (Lipinski definition) is 0. The third-order valence-corrected chi connectivity index (χ3v) is 8.20.